The van der Waals surface area contributed by atoms with Crippen LogP contribution in [0.3, 0.4) is 0 Å². The minimum atomic E-state index is -3.45. The Kier molecular flexibility index (Phi) is 8.27. The molecule has 0 spiro atoms. The molecule has 0 bridgehead atoms. The van der Waals surface area contributed by atoms with Gasteiger partial charge in [0, 0.05) is 18.6 Å². The molecule has 0 radical (unpaired) electrons. The number of nitrogens with one attached hydrogen (secondary N) is 3. The van der Waals surface area contributed by atoms with Gasteiger partial charge in [-0.1, -0.05) is 18.6 Å². The summed E-state index contributed by atoms with van der Waals surface area (Å²) in [4.78, 5) is 7.44. The van der Waals surface area contributed by atoms with Crippen LogP contribution < -0.4 is 15.4 Å². The van der Waals surface area contributed by atoms with Gasteiger partial charge in [0.05, 0.1) is 11.4 Å². The lowest BCUT2D eigenvalue weighted by Gasteiger charge is -2.41. The fourth-order valence-corrected chi connectivity index (χ4v) is 4.15. The van der Waals surface area contributed by atoms with Crippen molar-refractivity contribution in [1.82, 2.24) is 20.3 Å². The van der Waals surface area contributed by atoms with E-state index >= 15 is 0 Å². The summed E-state index contributed by atoms with van der Waals surface area (Å²) in [7, 11) is -2.03. The average molecular weight is 410 g/mol. The molecule has 0 saturated carbocycles. The Morgan fingerprint density at radius 3 is 2.54 bits per heavy atom. The Labute approximate surface area is 170 Å². The maximum Gasteiger partial charge on any atom is 0.240 e. The lowest BCUT2D eigenvalue weighted by atomic mass is 9.98. The van der Waals surface area contributed by atoms with E-state index in [0.29, 0.717) is 6.54 Å². The molecule has 1 fully saturated rings. The van der Waals surface area contributed by atoms with Crippen LogP contribution >= 0.6 is 0 Å². The van der Waals surface area contributed by atoms with E-state index in [9.17, 15) is 8.42 Å². The minimum absolute atomic E-state index is 0.0530. The number of benzene rings is 1. The van der Waals surface area contributed by atoms with Gasteiger partial charge in [-0.3, -0.25) is 4.90 Å². The normalized spacial score (nSPS) is 16.8. The zero-order valence-electron chi connectivity index (χ0n) is 17.6. The molecule has 1 aromatic carbocycles. The number of rotatable bonds is 8. The molecule has 7 nitrogen and oxygen atoms in total. The molecule has 0 atom stereocenters. The second kappa shape index (κ2) is 10.2. The van der Waals surface area contributed by atoms with E-state index in [-0.39, 0.29) is 10.4 Å². The van der Waals surface area contributed by atoms with E-state index in [1.54, 1.807) is 18.2 Å². The molecule has 1 saturated heterocycles. The van der Waals surface area contributed by atoms with Crippen LogP contribution in [-0.2, 0) is 16.6 Å². The monoisotopic (exact) mass is 409 g/mol. The molecule has 3 N–H and O–H groups in total. The van der Waals surface area contributed by atoms with Crippen molar-refractivity contribution in [3.8, 4) is 0 Å². The van der Waals surface area contributed by atoms with Crippen molar-refractivity contribution >= 4 is 16.0 Å². The smallest absolute Gasteiger partial charge is 0.240 e. The summed E-state index contributed by atoms with van der Waals surface area (Å²) >= 11 is 0. The fraction of sp³-hybridized carbons (Fsp3) is 0.650. The highest BCUT2D eigenvalue weighted by molar-refractivity contribution is 7.89. The number of sulfonamides is 1. The van der Waals surface area contributed by atoms with Gasteiger partial charge < -0.3 is 10.6 Å². The molecule has 28 heavy (non-hydrogen) atoms. The summed E-state index contributed by atoms with van der Waals surface area (Å²) in [5.41, 5.74) is 0.904. The Balaban J connectivity index is 2.03. The van der Waals surface area contributed by atoms with Crippen LogP contribution in [-0.4, -0.2) is 58.0 Å². The molecular weight excluding hydrogens is 374 g/mol. The summed E-state index contributed by atoms with van der Waals surface area (Å²) in [5.74, 6) is 0.745. The third kappa shape index (κ3) is 6.46. The molecule has 1 heterocycles. The van der Waals surface area contributed by atoms with Crippen LogP contribution in [0.5, 0.6) is 0 Å². The predicted molar refractivity (Wildman–Crippen MR) is 115 cm³/mol. The molecular formula is C20H35N5O2S. The SMILES string of the molecule is CCNC(=NCc1cccc(S(=O)(=O)NC)c1)NCC(C)(C)N1CCCCC1. The molecule has 1 aromatic rings. The van der Waals surface area contributed by atoms with Gasteiger partial charge in [0.2, 0.25) is 10.0 Å². The lowest BCUT2D eigenvalue weighted by Crippen LogP contribution is -2.54. The van der Waals surface area contributed by atoms with E-state index < -0.39 is 10.0 Å². The molecule has 8 heteroatoms. The number of hydrogen-bond acceptors (Lipinski definition) is 4. The van der Waals surface area contributed by atoms with Crippen molar-refractivity contribution in [2.45, 2.75) is 57.0 Å². The molecule has 1 aliphatic rings. The van der Waals surface area contributed by atoms with Crippen molar-refractivity contribution in [2.24, 2.45) is 4.99 Å². The standard InChI is InChI=1S/C20H35N5O2S/c1-5-22-19(24-16-20(2,3)25-12-7-6-8-13-25)23-15-17-10-9-11-18(14-17)28(26,27)21-4/h9-11,14,21H,5-8,12-13,15-16H2,1-4H3,(H2,22,23,24). The number of nitrogens with zero attached hydrogens (tertiary/aromatic N) is 2. The third-order valence-corrected chi connectivity index (χ3v) is 6.55. The largest absolute Gasteiger partial charge is 0.357 e. The summed E-state index contributed by atoms with van der Waals surface area (Å²) in [6.07, 6.45) is 3.86. The Morgan fingerprint density at radius 1 is 1.18 bits per heavy atom. The van der Waals surface area contributed by atoms with Gasteiger partial charge in [-0.2, -0.15) is 0 Å². The number of piperidine rings is 1. The molecule has 0 unspecified atom stereocenters. The highest BCUT2D eigenvalue weighted by atomic mass is 32.2. The van der Waals surface area contributed by atoms with Crippen molar-refractivity contribution < 1.29 is 8.42 Å². The first-order valence-corrected chi connectivity index (χ1v) is 11.6. The minimum Gasteiger partial charge on any atom is -0.357 e. The van der Waals surface area contributed by atoms with Crippen LogP contribution in [0.1, 0.15) is 45.6 Å². The van der Waals surface area contributed by atoms with Gasteiger partial charge in [0.15, 0.2) is 5.96 Å². The Morgan fingerprint density at radius 2 is 1.89 bits per heavy atom. The van der Waals surface area contributed by atoms with Gasteiger partial charge in [0.25, 0.3) is 0 Å². The Hall–Kier alpha value is -1.64. The van der Waals surface area contributed by atoms with Crippen molar-refractivity contribution in [3.63, 3.8) is 0 Å². The van der Waals surface area contributed by atoms with E-state index in [1.165, 1.54) is 26.3 Å². The number of hydrogen-bond donors (Lipinski definition) is 3. The Bertz CT molecular complexity index is 756. The molecule has 158 valence electrons. The van der Waals surface area contributed by atoms with E-state index in [4.69, 9.17) is 0 Å². The third-order valence-electron chi connectivity index (χ3n) is 5.14. The second-order valence-electron chi connectivity index (χ2n) is 7.76. The topological polar surface area (TPSA) is 85.8 Å². The van der Waals surface area contributed by atoms with Gasteiger partial charge in [-0.15, -0.1) is 0 Å². The maximum atomic E-state index is 12.0. The highest BCUT2D eigenvalue weighted by Gasteiger charge is 2.27. The average Bonchev–Trinajstić information content (AvgIpc) is 2.71. The molecule has 1 aliphatic heterocycles. The molecule has 0 amide bonds. The van der Waals surface area contributed by atoms with Crippen molar-refractivity contribution in [1.29, 1.82) is 0 Å². The van der Waals surface area contributed by atoms with E-state index in [2.05, 4.69) is 39.1 Å². The van der Waals surface area contributed by atoms with Gasteiger partial charge in [-0.05, 0) is 71.4 Å². The quantitative estimate of drug-likeness (QED) is 0.451. The molecule has 0 aliphatic carbocycles. The van der Waals surface area contributed by atoms with Crippen LogP contribution in [0.15, 0.2) is 34.2 Å². The summed E-state index contributed by atoms with van der Waals surface area (Å²) in [6, 6.07) is 6.88. The van der Waals surface area contributed by atoms with Gasteiger partial charge >= 0.3 is 0 Å². The van der Waals surface area contributed by atoms with Gasteiger partial charge in [-0.25, -0.2) is 18.1 Å². The number of guanidine groups is 1. The van der Waals surface area contributed by atoms with Crippen LogP contribution in [0, 0.1) is 0 Å². The predicted octanol–water partition coefficient (Wildman–Crippen LogP) is 1.91. The lowest BCUT2D eigenvalue weighted by molar-refractivity contribution is 0.0982. The number of likely N-dealkylation sites (tertiary alicyclic amines) is 1. The van der Waals surface area contributed by atoms with Gasteiger partial charge in [0.1, 0.15) is 0 Å². The number of aliphatic imine (C=N–C) groups is 1. The van der Waals surface area contributed by atoms with Crippen molar-refractivity contribution in [3.05, 3.63) is 29.8 Å². The van der Waals surface area contributed by atoms with E-state index in [0.717, 1.165) is 37.7 Å². The summed E-state index contributed by atoms with van der Waals surface area (Å²) in [6.45, 7) is 10.8. The van der Waals surface area contributed by atoms with Crippen LogP contribution in [0.2, 0.25) is 0 Å². The first-order chi connectivity index (χ1) is 13.3. The zero-order valence-corrected chi connectivity index (χ0v) is 18.4. The van der Waals surface area contributed by atoms with E-state index in [1.807, 2.05) is 13.0 Å². The highest BCUT2D eigenvalue weighted by Crippen LogP contribution is 2.19. The summed E-state index contributed by atoms with van der Waals surface area (Å²) < 4.78 is 26.3. The second-order valence-corrected chi connectivity index (χ2v) is 9.65. The zero-order chi connectivity index (χ0) is 20.6. The fourth-order valence-electron chi connectivity index (χ4n) is 3.35. The van der Waals surface area contributed by atoms with Crippen molar-refractivity contribution in [2.75, 3.05) is 33.2 Å². The first kappa shape index (κ1) is 22.6. The molecule has 2 rings (SSSR count). The van der Waals surface area contributed by atoms with Crippen LogP contribution in [0.4, 0.5) is 0 Å². The maximum absolute atomic E-state index is 12.0. The van der Waals surface area contributed by atoms with Crippen LogP contribution in [0.25, 0.3) is 0 Å². The first-order valence-electron chi connectivity index (χ1n) is 10.1. The molecule has 0 aromatic heterocycles. The summed E-state index contributed by atoms with van der Waals surface area (Å²) in [5, 5.41) is 6.73.